The lowest BCUT2D eigenvalue weighted by Gasteiger charge is -2.32. The third-order valence-electron chi connectivity index (χ3n) is 7.55. The van der Waals surface area contributed by atoms with Crippen LogP contribution in [0.4, 0.5) is 5.69 Å². The van der Waals surface area contributed by atoms with Gasteiger partial charge in [-0.05, 0) is 75.8 Å². The Balaban J connectivity index is 1.43. The van der Waals surface area contributed by atoms with Gasteiger partial charge in [0.1, 0.15) is 5.65 Å². The predicted octanol–water partition coefficient (Wildman–Crippen LogP) is 3.61. The fourth-order valence-corrected chi connectivity index (χ4v) is 5.91. The highest BCUT2D eigenvalue weighted by molar-refractivity contribution is 7.93. The average Bonchev–Trinajstić information content (AvgIpc) is 3.41. The van der Waals surface area contributed by atoms with Crippen LogP contribution in [0.15, 0.2) is 55.1 Å². The van der Waals surface area contributed by atoms with Crippen molar-refractivity contribution in [1.29, 1.82) is 0 Å². The molecule has 192 valence electrons. The first kappa shape index (κ1) is 24.2. The van der Waals surface area contributed by atoms with Gasteiger partial charge < -0.3 is 9.31 Å². The van der Waals surface area contributed by atoms with Crippen LogP contribution in [0.2, 0.25) is 0 Å². The molecule has 11 heteroatoms. The highest BCUT2D eigenvalue weighted by atomic mass is 32.2. The van der Waals surface area contributed by atoms with E-state index in [1.807, 2.05) is 82.0 Å². The van der Waals surface area contributed by atoms with Gasteiger partial charge in [-0.25, -0.2) is 13.4 Å². The molecule has 3 aromatic heterocycles. The maximum atomic E-state index is 12.8. The Labute approximate surface area is 217 Å². The van der Waals surface area contributed by atoms with Crippen LogP contribution in [0.5, 0.6) is 0 Å². The molecule has 0 amide bonds. The van der Waals surface area contributed by atoms with E-state index in [9.17, 15) is 8.42 Å². The number of hydrogen-bond donors (Lipinski definition) is 1. The number of rotatable bonds is 6. The number of benzene rings is 1. The second-order valence-corrected chi connectivity index (χ2v) is 12.9. The van der Waals surface area contributed by atoms with Gasteiger partial charge in [-0.1, -0.05) is 6.07 Å². The van der Waals surface area contributed by atoms with Crippen LogP contribution in [0.3, 0.4) is 0 Å². The Bertz CT molecular complexity index is 1600. The number of imidazole rings is 1. The molecule has 1 aromatic carbocycles. The molecule has 1 aliphatic carbocycles. The summed E-state index contributed by atoms with van der Waals surface area (Å²) < 4.78 is 44.7. The summed E-state index contributed by atoms with van der Waals surface area (Å²) >= 11 is 0. The van der Waals surface area contributed by atoms with Crippen molar-refractivity contribution in [3.8, 4) is 22.4 Å². The number of aromatic nitrogens is 4. The molecule has 4 aromatic rings. The van der Waals surface area contributed by atoms with E-state index >= 15 is 0 Å². The lowest BCUT2D eigenvalue weighted by atomic mass is 9.78. The number of pyridine rings is 1. The van der Waals surface area contributed by atoms with Gasteiger partial charge in [-0.2, -0.15) is 5.10 Å². The molecule has 1 saturated heterocycles. The van der Waals surface area contributed by atoms with Crippen LogP contribution in [-0.4, -0.2) is 51.2 Å². The third-order valence-corrected chi connectivity index (χ3v) is 9.42. The number of sulfonamides is 1. The summed E-state index contributed by atoms with van der Waals surface area (Å²) in [7, 11) is -2.20. The van der Waals surface area contributed by atoms with E-state index in [0.29, 0.717) is 18.5 Å². The zero-order chi connectivity index (χ0) is 26.2. The van der Waals surface area contributed by atoms with Crippen LogP contribution in [0, 0.1) is 0 Å². The second-order valence-electron chi connectivity index (χ2n) is 11.0. The number of aryl methyl sites for hydroxylation is 1. The van der Waals surface area contributed by atoms with Crippen molar-refractivity contribution in [2.45, 2.75) is 57.0 Å². The van der Waals surface area contributed by atoms with Crippen LogP contribution < -0.4 is 10.2 Å². The predicted molar refractivity (Wildman–Crippen MR) is 144 cm³/mol. The standard InChI is InChI=1S/C26H30BN5O4S/c1-25(2)26(3,4)36-27(35-25)20-10-18(11-21(13-20)30-37(33,34)22-6-7-22)23-15-28-24-12-17(8-9-32(23)24)19-14-29-31(5)16-19/h8-16,22,30H,6-7H2,1-5H3. The molecule has 0 unspecified atom stereocenters. The van der Waals surface area contributed by atoms with Crippen LogP contribution >= 0.6 is 0 Å². The Hall–Kier alpha value is -3.15. The minimum atomic E-state index is -3.45. The van der Waals surface area contributed by atoms with E-state index in [1.54, 1.807) is 16.9 Å². The first-order valence-electron chi connectivity index (χ1n) is 12.4. The molecule has 9 nitrogen and oxygen atoms in total. The topological polar surface area (TPSA) is 99.8 Å². The summed E-state index contributed by atoms with van der Waals surface area (Å²) in [6, 6.07) is 9.65. The lowest BCUT2D eigenvalue weighted by Crippen LogP contribution is -2.41. The van der Waals surface area contributed by atoms with E-state index < -0.39 is 28.3 Å². The number of hydrogen-bond acceptors (Lipinski definition) is 6. The number of nitrogens with one attached hydrogen (secondary N) is 1. The minimum Gasteiger partial charge on any atom is -0.399 e. The highest BCUT2D eigenvalue weighted by Crippen LogP contribution is 2.37. The highest BCUT2D eigenvalue weighted by Gasteiger charge is 2.52. The monoisotopic (exact) mass is 519 g/mol. The average molecular weight is 519 g/mol. The fraction of sp³-hybridized carbons (Fsp3) is 0.385. The van der Waals surface area contributed by atoms with Gasteiger partial charge in [0, 0.05) is 36.3 Å². The first-order valence-corrected chi connectivity index (χ1v) is 14.0. The van der Waals surface area contributed by atoms with Crippen LogP contribution in [0.25, 0.3) is 28.0 Å². The lowest BCUT2D eigenvalue weighted by molar-refractivity contribution is 0.00578. The molecular weight excluding hydrogens is 489 g/mol. The Morgan fingerprint density at radius 2 is 1.73 bits per heavy atom. The van der Waals surface area contributed by atoms with Crippen molar-refractivity contribution in [2.75, 3.05) is 4.72 Å². The zero-order valence-electron chi connectivity index (χ0n) is 21.6. The van der Waals surface area contributed by atoms with Gasteiger partial charge in [-0.3, -0.25) is 13.8 Å². The smallest absolute Gasteiger partial charge is 0.399 e. The van der Waals surface area contributed by atoms with Gasteiger partial charge in [0.25, 0.3) is 0 Å². The van der Waals surface area contributed by atoms with E-state index in [1.165, 1.54) is 0 Å². The van der Waals surface area contributed by atoms with Gasteiger partial charge in [0.15, 0.2) is 0 Å². The van der Waals surface area contributed by atoms with Crippen molar-refractivity contribution >= 4 is 33.9 Å². The van der Waals surface area contributed by atoms with E-state index in [-0.39, 0.29) is 5.25 Å². The van der Waals surface area contributed by atoms with Crippen LogP contribution in [0.1, 0.15) is 40.5 Å². The maximum Gasteiger partial charge on any atom is 0.494 e. The van der Waals surface area contributed by atoms with Crippen molar-refractivity contribution < 1.29 is 17.7 Å². The van der Waals surface area contributed by atoms with Crippen molar-refractivity contribution in [3.05, 3.63) is 55.1 Å². The summed E-state index contributed by atoms with van der Waals surface area (Å²) in [5, 5.41) is 3.92. The molecule has 2 fully saturated rings. The summed E-state index contributed by atoms with van der Waals surface area (Å²) in [6.07, 6.45) is 8.92. The van der Waals surface area contributed by atoms with Crippen molar-refractivity contribution in [2.24, 2.45) is 7.05 Å². The number of fused-ring (bicyclic) bond motifs is 1. The molecule has 0 spiro atoms. The molecule has 37 heavy (non-hydrogen) atoms. The molecular formula is C26H30BN5O4S. The van der Waals surface area contributed by atoms with Gasteiger partial charge in [-0.15, -0.1) is 0 Å². The Morgan fingerprint density at radius 3 is 2.38 bits per heavy atom. The SMILES string of the molecule is Cn1cc(-c2ccn3c(-c4cc(NS(=O)(=O)C5CC5)cc(B5OC(C)(C)C(C)(C)O5)c4)cnc3c2)cn1. The second kappa shape index (κ2) is 8.18. The molecule has 1 N–H and O–H groups in total. The summed E-state index contributed by atoms with van der Waals surface area (Å²) in [6.45, 7) is 7.99. The van der Waals surface area contributed by atoms with Crippen molar-refractivity contribution in [1.82, 2.24) is 19.2 Å². The molecule has 1 aliphatic heterocycles. The summed E-state index contributed by atoms with van der Waals surface area (Å²) in [5.41, 5.74) is 4.62. The van der Waals surface area contributed by atoms with Gasteiger partial charge in [0.05, 0.1) is 34.5 Å². The van der Waals surface area contributed by atoms with Crippen molar-refractivity contribution in [3.63, 3.8) is 0 Å². The minimum absolute atomic E-state index is 0.335. The molecule has 0 radical (unpaired) electrons. The fourth-order valence-electron chi connectivity index (χ4n) is 4.54. The quantitative estimate of drug-likeness (QED) is 0.391. The molecule has 0 atom stereocenters. The first-order chi connectivity index (χ1) is 17.4. The van der Waals surface area contributed by atoms with Gasteiger partial charge in [0.2, 0.25) is 10.0 Å². The Morgan fingerprint density at radius 1 is 1.00 bits per heavy atom. The van der Waals surface area contributed by atoms with Gasteiger partial charge >= 0.3 is 7.12 Å². The molecule has 1 saturated carbocycles. The van der Waals surface area contributed by atoms with E-state index in [2.05, 4.69) is 14.8 Å². The van der Waals surface area contributed by atoms with E-state index in [4.69, 9.17) is 9.31 Å². The zero-order valence-corrected chi connectivity index (χ0v) is 22.4. The number of anilines is 1. The normalized spacial score (nSPS) is 19.0. The Kier molecular flexibility index (Phi) is 5.35. The van der Waals surface area contributed by atoms with Crippen LogP contribution in [-0.2, 0) is 26.4 Å². The molecule has 0 bridgehead atoms. The third kappa shape index (κ3) is 4.34. The largest absolute Gasteiger partial charge is 0.494 e. The number of nitrogens with zero attached hydrogens (tertiary/aromatic N) is 4. The maximum absolute atomic E-state index is 12.8. The molecule has 4 heterocycles. The van der Waals surface area contributed by atoms with E-state index in [0.717, 1.165) is 33.5 Å². The summed E-state index contributed by atoms with van der Waals surface area (Å²) in [4.78, 5) is 4.64. The molecule has 6 rings (SSSR count). The molecule has 2 aliphatic rings. The summed E-state index contributed by atoms with van der Waals surface area (Å²) in [5.74, 6) is 0.